The molecule has 0 aliphatic carbocycles. The van der Waals surface area contributed by atoms with E-state index in [1.165, 1.54) is 0 Å². The number of nitrogens with one attached hydrogen (secondary N) is 1. The van der Waals surface area contributed by atoms with Gasteiger partial charge in [0.05, 0.1) is 18.5 Å². The minimum Gasteiger partial charge on any atom is -0.481 e. The highest BCUT2D eigenvalue weighted by Gasteiger charge is 2.27. The van der Waals surface area contributed by atoms with Crippen LogP contribution in [0.15, 0.2) is 30.3 Å². The van der Waals surface area contributed by atoms with Crippen LogP contribution in [0.5, 0.6) is 0 Å². The van der Waals surface area contributed by atoms with E-state index in [1.54, 1.807) is 30.3 Å². The molecule has 0 aliphatic rings. The topological polar surface area (TPSA) is 124 Å². The van der Waals surface area contributed by atoms with Crippen LogP contribution in [-0.2, 0) is 20.6 Å². The summed E-state index contributed by atoms with van der Waals surface area (Å²) in [7, 11) is -4.34. The van der Waals surface area contributed by atoms with Gasteiger partial charge in [0.25, 0.3) is 0 Å². The van der Waals surface area contributed by atoms with E-state index in [-0.39, 0.29) is 19.4 Å². The zero-order chi connectivity index (χ0) is 15.9. The predicted octanol–water partition coefficient (Wildman–Crippen LogP) is 0.614. The van der Waals surface area contributed by atoms with Crippen molar-refractivity contribution >= 4 is 19.5 Å². The minimum atomic E-state index is -4.34. The molecule has 0 spiro atoms. The average Bonchev–Trinajstić information content (AvgIpc) is 2.37. The van der Waals surface area contributed by atoms with Gasteiger partial charge >= 0.3 is 13.6 Å². The number of hydrogen-bond donors (Lipinski definition) is 4. The average molecular weight is 315 g/mol. The maximum absolute atomic E-state index is 12.0. The summed E-state index contributed by atoms with van der Waals surface area (Å²) in [4.78, 5) is 40.5. The first-order valence-electron chi connectivity index (χ1n) is 6.36. The zero-order valence-corrected chi connectivity index (χ0v) is 12.2. The van der Waals surface area contributed by atoms with Crippen LogP contribution in [0.4, 0.5) is 0 Å². The Morgan fingerprint density at radius 1 is 1.19 bits per heavy atom. The van der Waals surface area contributed by atoms with Crippen molar-refractivity contribution in [2.75, 3.05) is 12.7 Å². The number of benzene rings is 1. The van der Waals surface area contributed by atoms with Gasteiger partial charge in [0, 0.05) is 6.54 Å². The van der Waals surface area contributed by atoms with Crippen LogP contribution < -0.4 is 5.32 Å². The summed E-state index contributed by atoms with van der Waals surface area (Å²) in [6, 6.07) is 8.86. The van der Waals surface area contributed by atoms with Crippen LogP contribution in [0.2, 0.25) is 0 Å². The van der Waals surface area contributed by atoms with Crippen molar-refractivity contribution in [3.8, 4) is 0 Å². The summed E-state index contributed by atoms with van der Waals surface area (Å²) in [5.74, 6) is -2.50. The van der Waals surface area contributed by atoms with Crippen LogP contribution in [0, 0.1) is 5.92 Å². The van der Waals surface area contributed by atoms with Crippen molar-refractivity contribution in [2.45, 2.75) is 12.8 Å². The van der Waals surface area contributed by atoms with E-state index in [1.807, 2.05) is 0 Å². The summed E-state index contributed by atoms with van der Waals surface area (Å²) >= 11 is 0. The van der Waals surface area contributed by atoms with E-state index in [2.05, 4.69) is 5.32 Å². The largest absolute Gasteiger partial charge is 0.481 e. The molecular formula is C13H18NO6P. The summed E-state index contributed by atoms with van der Waals surface area (Å²) in [5, 5.41) is 10.9. The zero-order valence-electron chi connectivity index (χ0n) is 11.3. The van der Waals surface area contributed by atoms with Crippen molar-refractivity contribution in [3.63, 3.8) is 0 Å². The second-order valence-electron chi connectivity index (χ2n) is 4.67. The number of carbonyl (C=O) groups excluding carboxylic acids is 1. The van der Waals surface area contributed by atoms with Gasteiger partial charge in [-0.25, -0.2) is 0 Å². The number of carboxylic acid groups (broad SMARTS) is 1. The molecule has 1 amide bonds. The Bertz CT molecular complexity index is 527. The molecule has 0 fully saturated rings. The van der Waals surface area contributed by atoms with Crippen molar-refractivity contribution < 1.29 is 29.0 Å². The van der Waals surface area contributed by atoms with E-state index in [0.717, 1.165) is 5.56 Å². The number of carbonyl (C=O) groups is 2. The quantitative estimate of drug-likeness (QED) is 0.521. The van der Waals surface area contributed by atoms with Crippen molar-refractivity contribution in [1.29, 1.82) is 0 Å². The van der Waals surface area contributed by atoms with Crippen LogP contribution in [-0.4, -0.2) is 39.5 Å². The molecule has 4 N–H and O–H groups in total. The van der Waals surface area contributed by atoms with E-state index in [4.69, 9.17) is 14.9 Å². The number of rotatable bonds is 8. The number of carboxylic acids is 1. The first-order chi connectivity index (χ1) is 9.78. The van der Waals surface area contributed by atoms with Crippen molar-refractivity contribution in [3.05, 3.63) is 35.9 Å². The molecule has 1 aromatic carbocycles. The summed E-state index contributed by atoms with van der Waals surface area (Å²) in [6.45, 7) is -0.0688. The Morgan fingerprint density at radius 3 is 2.33 bits per heavy atom. The fourth-order valence-corrected chi connectivity index (χ4v) is 2.73. The first-order valence-corrected chi connectivity index (χ1v) is 8.15. The molecule has 1 rings (SSSR count). The van der Waals surface area contributed by atoms with Gasteiger partial charge in [0.2, 0.25) is 5.91 Å². The summed E-state index contributed by atoms with van der Waals surface area (Å²) < 4.78 is 11.1. The maximum Gasteiger partial charge on any atom is 0.326 e. The highest BCUT2D eigenvalue weighted by Crippen LogP contribution is 2.37. The number of aliphatic carboxylic acids is 1. The van der Waals surface area contributed by atoms with Crippen molar-refractivity contribution in [2.24, 2.45) is 5.92 Å². The monoisotopic (exact) mass is 315 g/mol. The Labute approximate surface area is 122 Å². The third-order valence-corrected chi connectivity index (χ3v) is 3.71. The summed E-state index contributed by atoms with van der Waals surface area (Å²) in [6.07, 6.45) is -0.620. The normalized spacial score (nSPS) is 12.7. The number of hydrogen-bond acceptors (Lipinski definition) is 3. The molecule has 7 nitrogen and oxygen atoms in total. The minimum absolute atomic E-state index is 0.0688. The van der Waals surface area contributed by atoms with Gasteiger partial charge in [-0.2, -0.15) is 0 Å². The third kappa shape index (κ3) is 7.60. The van der Waals surface area contributed by atoms with Gasteiger partial charge in [-0.05, 0) is 12.0 Å². The molecule has 0 saturated carbocycles. The SMILES string of the molecule is O=C(O)CCNC(=O)C(Cc1ccccc1)CP(=O)(O)O. The van der Waals surface area contributed by atoms with Crippen LogP contribution >= 0.6 is 7.60 Å². The van der Waals surface area contributed by atoms with Crippen LogP contribution in [0.3, 0.4) is 0 Å². The molecule has 1 aromatic rings. The molecule has 0 radical (unpaired) electrons. The molecule has 1 unspecified atom stereocenters. The first kappa shape index (κ1) is 17.4. The molecule has 8 heteroatoms. The lowest BCUT2D eigenvalue weighted by Gasteiger charge is -2.17. The highest BCUT2D eigenvalue weighted by atomic mass is 31.2. The lowest BCUT2D eigenvalue weighted by molar-refractivity contribution is -0.137. The van der Waals surface area contributed by atoms with Gasteiger partial charge < -0.3 is 20.2 Å². The number of amides is 1. The van der Waals surface area contributed by atoms with Gasteiger partial charge in [0.15, 0.2) is 0 Å². The Balaban J connectivity index is 2.70. The van der Waals surface area contributed by atoms with Crippen LogP contribution in [0.25, 0.3) is 0 Å². The van der Waals surface area contributed by atoms with E-state index in [0.29, 0.717) is 0 Å². The van der Waals surface area contributed by atoms with Crippen molar-refractivity contribution in [1.82, 2.24) is 5.32 Å². The van der Waals surface area contributed by atoms with Gasteiger partial charge in [0.1, 0.15) is 0 Å². The molecule has 116 valence electrons. The second kappa shape index (κ2) is 7.93. The predicted molar refractivity (Wildman–Crippen MR) is 75.8 cm³/mol. The standard InChI is InChI=1S/C13H18NO6P/c15-12(16)6-7-14-13(17)11(9-21(18,19)20)8-10-4-2-1-3-5-10/h1-5,11H,6-9H2,(H,14,17)(H,15,16)(H2,18,19,20). The lowest BCUT2D eigenvalue weighted by atomic mass is 10.0. The van der Waals surface area contributed by atoms with Crippen LogP contribution in [0.1, 0.15) is 12.0 Å². The van der Waals surface area contributed by atoms with Gasteiger partial charge in [-0.15, -0.1) is 0 Å². The Morgan fingerprint density at radius 2 is 1.81 bits per heavy atom. The molecule has 0 aliphatic heterocycles. The second-order valence-corrected chi connectivity index (χ2v) is 6.36. The van der Waals surface area contributed by atoms with E-state index >= 15 is 0 Å². The molecule has 1 atom stereocenters. The Kier molecular flexibility index (Phi) is 6.55. The fourth-order valence-electron chi connectivity index (χ4n) is 1.86. The molecular weight excluding hydrogens is 297 g/mol. The summed E-state index contributed by atoms with van der Waals surface area (Å²) in [5.41, 5.74) is 0.782. The highest BCUT2D eigenvalue weighted by molar-refractivity contribution is 7.51. The van der Waals surface area contributed by atoms with E-state index < -0.39 is 31.6 Å². The molecule has 0 aromatic heterocycles. The molecule has 0 saturated heterocycles. The molecule has 0 bridgehead atoms. The van der Waals surface area contributed by atoms with Gasteiger partial charge in [-0.1, -0.05) is 30.3 Å². The third-order valence-electron chi connectivity index (χ3n) is 2.79. The fraction of sp³-hybridized carbons (Fsp3) is 0.385. The molecule has 21 heavy (non-hydrogen) atoms. The lowest BCUT2D eigenvalue weighted by Crippen LogP contribution is -2.35. The molecule has 0 heterocycles. The van der Waals surface area contributed by atoms with Gasteiger partial charge in [-0.3, -0.25) is 14.2 Å². The maximum atomic E-state index is 12.0. The smallest absolute Gasteiger partial charge is 0.326 e. The Hall–Kier alpha value is -1.69. The van der Waals surface area contributed by atoms with E-state index in [9.17, 15) is 14.2 Å².